The molecular formula is C47H30N6. The summed E-state index contributed by atoms with van der Waals surface area (Å²) in [5.74, 6) is 1.85. The molecule has 0 aliphatic rings. The summed E-state index contributed by atoms with van der Waals surface area (Å²) in [6.45, 7) is 0. The number of benzene rings is 7. The summed E-state index contributed by atoms with van der Waals surface area (Å²) in [6, 6.07) is 61.6. The van der Waals surface area contributed by atoms with Gasteiger partial charge in [-0.05, 0) is 54.6 Å². The Morgan fingerprint density at radius 3 is 1.57 bits per heavy atom. The predicted octanol–water partition coefficient (Wildman–Crippen LogP) is 11.3. The fourth-order valence-electron chi connectivity index (χ4n) is 7.97. The molecule has 0 N–H and O–H groups in total. The molecule has 11 rings (SSSR count). The first-order valence-corrected chi connectivity index (χ1v) is 17.8. The highest BCUT2D eigenvalue weighted by Gasteiger charge is 2.20. The number of rotatable bonds is 5. The van der Waals surface area contributed by atoms with Gasteiger partial charge in [-0.15, -0.1) is 0 Å². The van der Waals surface area contributed by atoms with Crippen molar-refractivity contribution in [2.24, 2.45) is 0 Å². The molecule has 0 bridgehead atoms. The summed E-state index contributed by atoms with van der Waals surface area (Å²) in [5, 5.41) is 5.96. The van der Waals surface area contributed by atoms with Crippen LogP contribution in [0.1, 0.15) is 0 Å². The average Bonchev–Trinajstić information content (AvgIpc) is 3.92. The first-order valence-electron chi connectivity index (χ1n) is 17.8. The van der Waals surface area contributed by atoms with E-state index < -0.39 is 0 Å². The zero-order chi connectivity index (χ0) is 34.9. The van der Waals surface area contributed by atoms with E-state index in [0.717, 1.165) is 49.8 Å². The molecule has 0 radical (unpaired) electrons. The zero-order valence-corrected chi connectivity index (χ0v) is 28.5. The Labute approximate surface area is 304 Å². The minimum atomic E-state index is 0.583. The quantitative estimate of drug-likeness (QED) is 0.182. The molecule has 6 nitrogen and oxygen atoms in total. The van der Waals surface area contributed by atoms with Gasteiger partial charge in [0.1, 0.15) is 0 Å². The van der Waals surface area contributed by atoms with Crippen LogP contribution in [0.25, 0.3) is 94.6 Å². The summed E-state index contributed by atoms with van der Waals surface area (Å²) < 4.78 is 6.87. The number of aromatic nitrogens is 6. The van der Waals surface area contributed by atoms with Gasteiger partial charge in [0.2, 0.25) is 5.95 Å². The third kappa shape index (κ3) is 4.56. The second kappa shape index (κ2) is 11.6. The third-order valence-corrected chi connectivity index (χ3v) is 10.3. The van der Waals surface area contributed by atoms with E-state index in [1.807, 2.05) is 60.7 Å². The van der Waals surface area contributed by atoms with Crippen LogP contribution < -0.4 is 0 Å². The lowest BCUT2D eigenvalue weighted by atomic mass is 10.1. The molecule has 0 aliphatic carbocycles. The lowest BCUT2D eigenvalue weighted by molar-refractivity contribution is 0.953. The van der Waals surface area contributed by atoms with E-state index in [4.69, 9.17) is 15.0 Å². The Morgan fingerprint density at radius 2 is 0.887 bits per heavy atom. The molecule has 0 fully saturated rings. The molecule has 0 amide bonds. The normalized spacial score (nSPS) is 11.8. The maximum absolute atomic E-state index is 5.10. The second-order valence-electron chi connectivity index (χ2n) is 13.3. The zero-order valence-electron chi connectivity index (χ0n) is 28.5. The Morgan fingerprint density at radius 1 is 0.340 bits per heavy atom. The number of hydrogen-bond donors (Lipinski definition) is 0. The molecule has 0 aliphatic heterocycles. The van der Waals surface area contributed by atoms with Crippen molar-refractivity contribution in [2.45, 2.75) is 0 Å². The molecule has 7 aromatic carbocycles. The molecule has 0 unspecified atom stereocenters. The van der Waals surface area contributed by atoms with Crippen LogP contribution in [-0.4, -0.2) is 28.7 Å². The van der Waals surface area contributed by atoms with Crippen molar-refractivity contribution in [3.05, 3.63) is 182 Å². The SMILES string of the molecule is c1ccc(-c2nc(-c3ccccc3)nc(-n3c4ccccc4c4cc(-n5ccc6c5ccc5c7ccccc7n(-c7ccccc7)c56)ccc43)n2)cc1. The molecule has 248 valence electrons. The van der Waals surface area contributed by atoms with Crippen molar-refractivity contribution < 1.29 is 0 Å². The van der Waals surface area contributed by atoms with Crippen LogP contribution in [0.2, 0.25) is 0 Å². The molecule has 0 atom stereocenters. The third-order valence-electron chi connectivity index (χ3n) is 10.3. The van der Waals surface area contributed by atoms with E-state index in [0.29, 0.717) is 17.6 Å². The molecule has 53 heavy (non-hydrogen) atoms. The van der Waals surface area contributed by atoms with Crippen molar-refractivity contribution in [3.63, 3.8) is 0 Å². The minimum Gasteiger partial charge on any atom is -0.316 e. The summed E-state index contributed by atoms with van der Waals surface area (Å²) in [6.07, 6.45) is 2.20. The van der Waals surface area contributed by atoms with Crippen LogP contribution in [0.3, 0.4) is 0 Å². The van der Waals surface area contributed by atoms with Crippen molar-refractivity contribution >= 4 is 54.5 Å². The molecule has 4 heterocycles. The summed E-state index contributed by atoms with van der Waals surface area (Å²) in [5.41, 5.74) is 9.75. The number of para-hydroxylation sites is 3. The molecule has 11 aromatic rings. The smallest absolute Gasteiger partial charge is 0.238 e. The van der Waals surface area contributed by atoms with Crippen LogP contribution in [0.4, 0.5) is 0 Å². The van der Waals surface area contributed by atoms with Crippen molar-refractivity contribution in [2.75, 3.05) is 0 Å². The Balaban J connectivity index is 1.13. The van der Waals surface area contributed by atoms with Crippen LogP contribution in [-0.2, 0) is 0 Å². The van der Waals surface area contributed by atoms with Crippen LogP contribution in [0.15, 0.2) is 182 Å². The number of nitrogens with zero attached hydrogens (tertiary/aromatic N) is 6. The predicted molar refractivity (Wildman–Crippen MR) is 216 cm³/mol. The maximum atomic E-state index is 5.10. The molecule has 0 saturated heterocycles. The summed E-state index contributed by atoms with van der Waals surface area (Å²) in [4.78, 5) is 15.1. The van der Waals surface area contributed by atoms with E-state index in [9.17, 15) is 0 Å². The topological polar surface area (TPSA) is 53.5 Å². The standard InChI is InChI=1S/C47H30N6/c1-4-14-31(15-5-1)45-48-46(32-16-6-2-7-17-32)50-47(49-45)53-42-23-13-11-21-36(42)39-30-34(24-26-43(39)53)51-29-28-38-40(51)27-25-37-35-20-10-12-22-41(35)52(44(37)38)33-18-8-3-9-19-33/h1-30H. The van der Waals surface area contributed by atoms with Gasteiger partial charge in [-0.1, -0.05) is 121 Å². The van der Waals surface area contributed by atoms with E-state index >= 15 is 0 Å². The highest BCUT2D eigenvalue weighted by Crippen LogP contribution is 2.39. The number of fused-ring (bicyclic) bond motifs is 8. The summed E-state index contributed by atoms with van der Waals surface area (Å²) in [7, 11) is 0. The van der Waals surface area contributed by atoms with E-state index in [2.05, 4.69) is 135 Å². The van der Waals surface area contributed by atoms with Gasteiger partial charge < -0.3 is 9.13 Å². The van der Waals surface area contributed by atoms with E-state index in [1.54, 1.807) is 0 Å². The van der Waals surface area contributed by atoms with E-state index in [-0.39, 0.29) is 0 Å². The average molecular weight is 679 g/mol. The fourth-order valence-corrected chi connectivity index (χ4v) is 7.97. The second-order valence-corrected chi connectivity index (χ2v) is 13.3. The van der Waals surface area contributed by atoms with Gasteiger partial charge in [0, 0.05) is 55.6 Å². The van der Waals surface area contributed by atoms with Crippen LogP contribution in [0.5, 0.6) is 0 Å². The molecule has 4 aromatic heterocycles. The van der Waals surface area contributed by atoms with Crippen molar-refractivity contribution in [1.82, 2.24) is 28.7 Å². The van der Waals surface area contributed by atoms with Crippen molar-refractivity contribution in [3.8, 4) is 40.1 Å². The first kappa shape index (κ1) is 29.4. The molecular weight excluding hydrogens is 649 g/mol. The highest BCUT2D eigenvalue weighted by atomic mass is 15.2. The maximum Gasteiger partial charge on any atom is 0.238 e. The largest absolute Gasteiger partial charge is 0.316 e. The lowest BCUT2D eigenvalue weighted by Gasteiger charge is -2.11. The molecule has 0 saturated carbocycles. The van der Waals surface area contributed by atoms with Crippen molar-refractivity contribution in [1.29, 1.82) is 0 Å². The first-order chi connectivity index (χ1) is 26.3. The Kier molecular flexibility index (Phi) is 6.45. The molecule has 0 spiro atoms. The monoisotopic (exact) mass is 678 g/mol. The summed E-state index contributed by atoms with van der Waals surface area (Å²) >= 11 is 0. The Hall–Kier alpha value is -7.31. The minimum absolute atomic E-state index is 0.583. The molecule has 6 heteroatoms. The van der Waals surface area contributed by atoms with Gasteiger partial charge in [-0.25, -0.2) is 4.98 Å². The highest BCUT2D eigenvalue weighted by molar-refractivity contribution is 6.18. The van der Waals surface area contributed by atoms with Gasteiger partial charge >= 0.3 is 0 Å². The lowest BCUT2D eigenvalue weighted by Crippen LogP contribution is -2.06. The van der Waals surface area contributed by atoms with Gasteiger partial charge in [0.05, 0.1) is 27.6 Å². The Bertz CT molecular complexity index is 3100. The van der Waals surface area contributed by atoms with Gasteiger partial charge in [-0.3, -0.25) is 4.57 Å². The fraction of sp³-hybridized carbons (Fsp3) is 0. The van der Waals surface area contributed by atoms with Gasteiger partial charge in [0.15, 0.2) is 11.6 Å². The van der Waals surface area contributed by atoms with Crippen LogP contribution >= 0.6 is 0 Å². The van der Waals surface area contributed by atoms with E-state index in [1.165, 1.54) is 27.2 Å². The van der Waals surface area contributed by atoms with Crippen LogP contribution in [0, 0.1) is 0 Å². The van der Waals surface area contributed by atoms with Gasteiger partial charge in [-0.2, -0.15) is 9.97 Å². The van der Waals surface area contributed by atoms with Gasteiger partial charge in [0.25, 0.3) is 0 Å². The number of hydrogen-bond acceptors (Lipinski definition) is 3.